The van der Waals surface area contributed by atoms with Crippen LogP contribution < -0.4 is 4.90 Å². The lowest BCUT2D eigenvalue weighted by atomic mass is 10.0. The molecule has 2 heterocycles. The number of fused-ring (bicyclic) bond motifs is 4. The molecule has 0 radical (unpaired) electrons. The quantitative estimate of drug-likeness (QED) is 0.223. The van der Waals surface area contributed by atoms with E-state index in [0.29, 0.717) is 11.5 Å². The zero-order valence-corrected chi connectivity index (χ0v) is 22.1. The molecule has 0 unspecified atom stereocenters. The van der Waals surface area contributed by atoms with Gasteiger partial charge in [-0.2, -0.15) is 0 Å². The molecule has 0 aliphatic carbocycles. The summed E-state index contributed by atoms with van der Waals surface area (Å²) >= 11 is 0. The lowest BCUT2D eigenvalue weighted by molar-refractivity contribution is 0.617. The summed E-state index contributed by atoms with van der Waals surface area (Å²) < 4.78 is 12.5. The molecule has 0 atom stereocenters. The summed E-state index contributed by atoms with van der Waals surface area (Å²) in [5.74, 6) is 0.608. The largest absolute Gasteiger partial charge is 0.456 e. The van der Waals surface area contributed by atoms with E-state index in [4.69, 9.17) is 13.8 Å². The van der Waals surface area contributed by atoms with Gasteiger partial charge in [-0.15, -0.1) is 0 Å². The van der Waals surface area contributed by atoms with Gasteiger partial charge in [0.05, 0.1) is 0 Å². The molecule has 6 aromatic carbocycles. The molecule has 0 bridgehead atoms. The van der Waals surface area contributed by atoms with Crippen LogP contribution in [-0.2, 0) is 0 Å². The minimum atomic E-state index is 0.608. The van der Waals surface area contributed by atoms with E-state index >= 15 is 0 Å². The van der Waals surface area contributed by atoms with Crippen molar-refractivity contribution in [1.82, 2.24) is 4.98 Å². The Morgan fingerprint density at radius 3 is 1.73 bits per heavy atom. The zero-order chi connectivity index (χ0) is 27.2. The first kappa shape index (κ1) is 23.3. The van der Waals surface area contributed by atoms with E-state index in [0.717, 1.165) is 50.1 Å². The maximum atomic E-state index is 6.40. The molecular formula is C37H24N2O2. The highest BCUT2D eigenvalue weighted by molar-refractivity contribution is 6.09. The summed E-state index contributed by atoms with van der Waals surface area (Å²) in [5, 5.41) is 2.06. The second-order valence-electron chi connectivity index (χ2n) is 10.1. The minimum Gasteiger partial charge on any atom is -0.456 e. The molecule has 0 spiro atoms. The summed E-state index contributed by atoms with van der Waals surface area (Å²) in [6, 6.07) is 49.9. The van der Waals surface area contributed by atoms with E-state index in [2.05, 4.69) is 102 Å². The van der Waals surface area contributed by atoms with Gasteiger partial charge in [-0.3, -0.25) is 0 Å². The molecule has 0 amide bonds. The monoisotopic (exact) mass is 528 g/mol. The fourth-order valence-corrected chi connectivity index (χ4v) is 5.49. The fraction of sp³-hybridized carbons (Fsp3) is 0. The van der Waals surface area contributed by atoms with E-state index in [9.17, 15) is 0 Å². The summed E-state index contributed by atoms with van der Waals surface area (Å²) in [5.41, 5.74) is 9.61. The van der Waals surface area contributed by atoms with Crippen molar-refractivity contribution in [3.05, 3.63) is 146 Å². The number of aromatic nitrogens is 1. The van der Waals surface area contributed by atoms with Crippen molar-refractivity contribution < 1.29 is 8.83 Å². The van der Waals surface area contributed by atoms with Gasteiger partial charge in [0.1, 0.15) is 16.7 Å². The van der Waals surface area contributed by atoms with Gasteiger partial charge >= 0.3 is 0 Å². The smallest absolute Gasteiger partial charge is 0.227 e. The summed E-state index contributed by atoms with van der Waals surface area (Å²) in [4.78, 5) is 7.01. The van der Waals surface area contributed by atoms with E-state index in [1.54, 1.807) is 0 Å². The normalized spacial score (nSPS) is 11.4. The van der Waals surface area contributed by atoms with Crippen LogP contribution in [-0.4, -0.2) is 4.98 Å². The molecule has 41 heavy (non-hydrogen) atoms. The number of nitrogens with zero attached hydrogens (tertiary/aromatic N) is 2. The third-order valence-corrected chi connectivity index (χ3v) is 7.49. The van der Waals surface area contributed by atoms with Crippen LogP contribution in [0.1, 0.15) is 0 Å². The number of oxazole rings is 1. The molecule has 194 valence electrons. The molecule has 0 N–H and O–H groups in total. The van der Waals surface area contributed by atoms with Crippen molar-refractivity contribution in [3.8, 4) is 22.6 Å². The predicted molar refractivity (Wildman–Crippen MR) is 167 cm³/mol. The maximum absolute atomic E-state index is 6.40. The third kappa shape index (κ3) is 4.14. The Balaban J connectivity index is 1.22. The Labute approximate surface area is 236 Å². The number of para-hydroxylation sites is 1. The standard InChI is InChI=1S/C37H24N2O2/c1-4-10-25(11-5-1)26-16-18-29(19-17-26)39(28-14-8-3-9-15-28)30-20-21-31-32-23-33-36(24-35(32)40-34(31)22-30)41-37(38-33)27-12-6-2-7-13-27/h1-24H. The van der Waals surface area contributed by atoms with Crippen molar-refractivity contribution in [1.29, 1.82) is 0 Å². The van der Waals surface area contributed by atoms with E-state index < -0.39 is 0 Å². The highest BCUT2D eigenvalue weighted by Gasteiger charge is 2.17. The van der Waals surface area contributed by atoms with Crippen LogP contribution in [0.25, 0.3) is 55.6 Å². The topological polar surface area (TPSA) is 42.4 Å². The average molecular weight is 529 g/mol. The minimum absolute atomic E-state index is 0.608. The second-order valence-corrected chi connectivity index (χ2v) is 10.1. The number of hydrogen-bond acceptors (Lipinski definition) is 4. The van der Waals surface area contributed by atoms with Crippen molar-refractivity contribution in [2.24, 2.45) is 0 Å². The van der Waals surface area contributed by atoms with Crippen LogP contribution in [0, 0.1) is 0 Å². The van der Waals surface area contributed by atoms with Gasteiger partial charge in [0.25, 0.3) is 0 Å². The summed E-state index contributed by atoms with van der Waals surface area (Å²) in [6.07, 6.45) is 0. The van der Waals surface area contributed by atoms with Crippen LogP contribution in [0.4, 0.5) is 17.1 Å². The van der Waals surface area contributed by atoms with Crippen LogP contribution in [0.15, 0.2) is 154 Å². The molecule has 8 rings (SSSR count). The molecule has 0 aliphatic rings. The molecule has 4 nitrogen and oxygen atoms in total. The first-order valence-electron chi connectivity index (χ1n) is 13.6. The van der Waals surface area contributed by atoms with Crippen molar-refractivity contribution in [2.45, 2.75) is 0 Å². The Kier molecular flexibility index (Phi) is 5.42. The van der Waals surface area contributed by atoms with Crippen LogP contribution in [0.5, 0.6) is 0 Å². The van der Waals surface area contributed by atoms with Gasteiger partial charge in [0, 0.05) is 45.5 Å². The van der Waals surface area contributed by atoms with Crippen LogP contribution in [0.2, 0.25) is 0 Å². The lowest BCUT2D eigenvalue weighted by Crippen LogP contribution is -2.09. The first-order chi connectivity index (χ1) is 20.3. The molecule has 4 heteroatoms. The highest BCUT2D eigenvalue weighted by Crippen LogP contribution is 2.40. The van der Waals surface area contributed by atoms with Crippen LogP contribution >= 0.6 is 0 Å². The van der Waals surface area contributed by atoms with E-state index in [-0.39, 0.29) is 0 Å². The number of anilines is 3. The van der Waals surface area contributed by atoms with Gasteiger partial charge in [-0.1, -0.05) is 78.9 Å². The molecule has 8 aromatic rings. The number of benzene rings is 6. The zero-order valence-electron chi connectivity index (χ0n) is 22.1. The summed E-state index contributed by atoms with van der Waals surface area (Å²) in [6.45, 7) is 0. The molecule has 0 aliphatic heterocycles. The van der Waals surface area contributed by atoms with Gasteiger partial charge in [0.15, 0.2) is 5.58 Å². The van der Waals surface area contributed by atoms with Gasteiger partial charge in [0.2, 0.25) is 5.89 Å². The summed E-state index contributed by atoms with van der Waals surface area (Å²) in [7, 11) is 0. The fourth-order valence-electron chi connectivity index (χ4n) is 5.49. The molecule has 0 saturated heterocycles. The Hall–Kier alpha value is -5.61. The van der Waals surface area contributed by atoms with Crippen molar-refractivity contribution in [2.75, 3.05) is 4.90 Å². The average Bonchev–Trinajstić information content (AvgIpc) is 3.62. The number of rotatable bonds is 5. The maximum Gasteiger partial charge on any atom is 0.227 e. The lowest BCUT2D eigenvalue weighted by Gasteiger charge is -2.25. The van der Waals surface area contributed by atoms with E-state index in [1.165, 1.54) is 11.1 Å². The second kappa shape index (κ2) is 9.54. The van der Waals surface area contributed by atoms with Crippen molar-refractivity contribution >= 4 is 50.1 Å². The molecular weight excluding hydrogens is 504 g/mol. The first-order valence-corrected chi connectivity index (χ1v) is 13.6. The number of furan rings is 1. The Morgan fingerprint density at radius 2 is 1.00 bits per heavy atom. The van der Waals surface area contributed by atoms with Crippen LogP contribution in [0.3, 0.4) is 0 Å². The Morgan fingerprint density at radius 1 is 0.415 bits per heavy atom. The Bertz CT molecular complexity index is 2130. The van der Waals surface area contributed by atoms with Crippen molar-refractivity contribution in [3.63, 3.8) is 0 Å². The van der Waals surface area contributed by atoms with Gasteiger partial charge in [-0.25, -0.2) is 4.98 Å². The van der Waals surface area contributed by atoms with Gasteiger partial charge in [-0.05, 0) is 65.7 Å². The molecule has 2 aromatic heterocycles. The predicted octanol–water partition coefficient (Wildman–Crippen LogP) is 10.5. The number of hydrogen-bond donors (Lipinski definition) is 0. The molecule has 0 fully saturated rings. The molecule has 0 saturated carbocycles. The van der Waals surface area contributed by atoms with Gasteiger partial charge < -0.3 is 13.7 Å². The van der Waals surface area contributed by atoms with E-state index in [1.807, 2.05) is 48.5 Å². The third-order valence-electron chi connectivity index (χ3n) is 7.49. The highest BCUT2D eigenvalue weighted by atomic mass is 16.4. The SMILES string of the molecule is c1ccc(-c2ccc(N(c3ccccc3)c3ccc4c(c3)oc3cc5oc(-c6ccccc6)nc5cc34)cc2)cc1.